The maximum atomic E-state index is 10.6. The average Bonchev–Trinajstić information content (AvgIpc) is 2.86. The van der Waals surface area contributed by atoms with Crippen LogP contribution in [-0.4, -0.2) is 31.4 Å². The zero-order valence-corrected chi connectivity index (χ0v) is 7.58. The van der Waals surface area contributed by atoms with Gasteiger partial charge >= 0.3 is 11.7 Å². The minimum atomic E-state index is -1.30. The molecule has 9 heteroatoms. The molecule has 0 bridgehead atoms. The fraction of sp³-hybridized carbons (Fsp3) is 0. The van der Waals surface area contributed by atoms with Crippen LogP contribution in [0.4, 0.5) is 5.69 Å². The molecule has 2 aromatic rings. The van der Waals surface area contributed by atoms with Crippen LogP contribution >= 0.6 is 0 Å². The number of carbonyl (C=O) groups is 1. The van der Waals surface area contributed by atoms with E-state index < -0.39 is 16.7 Å². The Hall–Kier alpha value is -2.71. The van der Waals surface area contributed by atoms with E-state index in [0.717, 1.165) is 12.3 Å². The number of carboxylic acid groups (broad SMARTS) is 1. The highest BCUT2D eigenvalue weighted by atomic mass is 16.6. The van der Waals surface area contributed by atoms with Crippen molar-refractivity contribution in [2.45, 2.75) is 0 Å². The Kier molecular flexibility index (Phi) is 2.12. The first-order valence-corrected chi connectivity index (χ1v) is 3.97. The molecule has 0 aromatic carbocycles. The summed E-state index contributed by atoms with van der Waals surface area (Å²) in [4.78, 5) is 20.4. The van der Waals surface area contributed by atoms with E-state index >= 15 is 0 Å². The molecule has 2 heterocycles. The van der Waals surface area contributed by atoms with Crippen molar-refractivity contribution in [1.29, 1.82) is 0 Å². The van der Waals surface area contributed by atoms with Crippen molar-refractivity contribution < 1.29 is 19.3 Å². The summed E-state index contributed by atoms with van der Waals surface area (Å²) in [6.07, 6.45) is 1.00. The first-order chi connectivity index (χ1) is 7.59. The lowest BCUT2D eigenvalue weighted by molar-refractivity contribution is -0.384. The van der Waals surface area contributed by atoms with E-state index in [1.165, 1.54) is 0 Å². The molecule has 0 unspecified atom stereocenters. The molecule has 0 atom stereocenters. The van der Waals surface area contributed by atoms with Gasteiger partial charge in [0, 0.05) is 6.07 Å². The Balaban J connectivity index is 2.46. The van der Waals surface area contributed by atoms with Gasteiger partial charge in [-0.2, -0.15) is 5.10 Å². The number of carboxylic acids is 1. The third-order valence-corrected chi connectivity index (χ3v) is 1.79. The van der Waals surface area contributed by atoms with E-state index in [2.05, 4.69) is 19.9 Å². The lowest BCUT2D eigenvalue weighted by atomic mass is 10.2. The normalized spacial score (nSPS) is 10.2. The van der Waals surface area contributed by atoms with E-state index in [9.17, 15) is 14.9 Å². The minimum absolute atomic E-state index is 0.00116. The number of aromatic carboxylic acids is 1. The minimum Gasteiger partial charge on any atom is -0.475 e. The third kappa shape index (κ3) is 1.49. The molecule has 9 nitrogen and oxygen atoms in total. The fourth-order valence-electron chi connectivity index (χ4n) is 1.10. The monoisotopic (exact) mass is 224 g/mol. The second-order valence-electron chi connectivity index (χ2n) is 2.77. The number of nitrogens with zero attached hydrogens (tertiary/aromatic N) is 3. The average molecular weight is 224 g/mol. The maximum Gasteiger partial charge on any atom is 0.374 e. The molecule has 2 aromatic heterocycles. The van der Waals surface area contributed by atoms with E-state index in [0.29, 0.717) is 0 Å². The van der Waals surface area contributed by atoms with E-state index in [4.69, 9.17) is 5.11 Å². The Labute approximate surface area is 86.8 Å². The lowest BCUT2D eigenvalue weighted by Gasteiger charge is -1.88. The van der Waals surface area contributed by atoms with Crippen LogP contribution in [0.25, 0.3) is 11.4 Å². The van der Waals surface area contributed by atoms with Crippen LogP contribution in [0.1, 0.15) is 10.6 Å². The van der Waals surface area contributed by atoms with Gasteiger partial charge in [0.2, 0.25) is 5.76 Å². The van der Waals surface area contributed by atoms with Crippen molar-refractivity contribution in [3.05, 3.63) is 28.1 Å². The molecule has 0 saturated carbocycles. The zero-order valence-electron chi connectivity index (χ0n) is 7.58. The van der Waals surface area contributed by atoms with Crippen LogP contribution < -0.4 is 0 Å². The summed E-state index contributed by atoms with van der Waals surface area (Å²) in [6.45, 7) is 0. The lowest BCUT2D eigenvalue weighted by Crippen LogP contribution is -1.92. The third-order valence-electron chi connectivity index (χ3n) is 1.79. The van der Waals surface area contributed by atoms with E-state index in [-0.39, 0.29) is 17.1 Å². The van der Waals surface area contributed by atoms with Crippen LogP contribution in [0, 0.1) is 10.1 Å². The van der Waals surface area contributed by atoms with Crippen molar-refractivity contribution in [3.8, 4) is 11.4 Å². The first kappa shape index (κ1) is 9.83. The summed E-state index contributed by atoms with van der Waals surface area (Å²) in [6, 6.07) is 1.07. The Morgan fingerprint density at radius 2 is 2.38 bits per heavy atom. The number of aromatic nitrogens is 3. The molecule has 16 heavy (non-hydrogen) atoms. The molecule has 0 amide bonds. The largest absolute Gasteiger partial charge is 0.475 e. The molecule has 82 valence electrons. The maximum absolute atomic E-state index is 10.6. The molecule has 0 aliphatic heterocycles. The summed E-state index contributed by atoms with van der Waals surface area (Å²) in [7, 11) is 0. The predicted octanol–water partition coefficient (Wildman–Crippen LogP) is 0.671. The van der Waals surface area contributed by atoms with Gasteiger partial charge in [0.25, 0.3) is 0 Å². The molecule has 0 aliphatic carbocycles. The van der Waals surface area contributed by atoms with Crippen LogP contribution in [0.5, 0.6) is 0 Å². The van der Waals surface area contributed by atoms with Crippen molar-refractivity contribution in [3.63, 3.8) is 0 Å². The van der Waals surface area contributed by atoms with Gasteiger partial charge in [-0.05, 0) is 0 Å². The molecular weight excluding hydrogens is 220 g/mol. The highest BCUT2D eigenvalue weighted by molar-refractivity contribution is 5.85. The highest BCUT2D eigenvalue weighted by Crippen LogP contribution is 2.26. The van der Waals surface area contributed by atoms with Gasteiger partial charge in [-0.15, -0.1) is 0 Å². The van der Waals surface area contributed by atoms with Gasteiger partial charge in [0.05, 0.1) is 4.92 Å². The Morgan fingerprint density at radius 1 is 1.62 bits per heavy atom. The number of nitrogens with one attached hydrogen (secondary N) is 1. The van der Waals surface area contributed by atoms with E-state index in [1.807, 2.05) is 0 Å². The predicted molar refractivity (Wildman–Crippen MR) is 47.7 cm³/mol. The van der Waals surface area contributed by atoms with Gasteiger partial charge in [-0.1, -0.05) is 5.16 Å². The summed E-state index contributed by atoms with van der Waals surface area (Å²) in [5, 5.41) is 28.4. The van der Waals surface area contributed by atoms with E-state index in [1.54, 1.807) is 0 Å². The molecule has 0 radical (unpaired) electrons. The smallest absolute Gasteiger partial charge is 0.374 e. The Bertz CT molecular complexity index is 557. The summed E-state index contributed by atoms with van der Waals surface area (Å²) in [5.74, 6) is -1.71. The van der Waals surface area contributed by atoms with Gasteiger partial charge in [0.1, 0.15) is 11.9 Å². The van der Waals surface area contributed by atoms with Crippen LogP contribution in [0.15, 0.2) is 16.8 Å². The topological polar surface area (TPSA) is 135 Å². The number of nitro groups is 1. The van der Waals surface area contributed by atoms with Gasteiger partial charge < -0.3 is 9.63 Å². The second kappa shape index (κ2) is 3.46. The van der Waals surface area contributed by atoms with Crippen molar-refractivity contribution in [2.75, 3.05) is 0 Å². The number of hydrogen-bond donors (Lipinski definition) is 2. The number of hydrogen-bond acceptors (Lipinski definition) is 6. The molecule has 2 N–H and O–H groups in total. The first-order valence-electron chi connectivity index (χ1n) is 3.97. The molecule has 2 rings (SSSR count). The summed E-state index contributed by atoms with van der Waals surface area (Å²) in [5.41, 5.74) is -0.284. The van der Waals surface area contributed by atoms with Crippen LogP contribution in [-0.2, 0) is 0 Å². The fourth-order valence-corrected chi connectivity index (χ4v) is 1.10. The summed E-state index contributed by atoms with van der Waals surface area (Å²) < 4.78 is 4.46. The molecule has 0 saturated heterocycles. The van der Waals surface area contributed by atoms with Crippen LogP contribution in [0.2, 0.25) is 0 Å². The zero-order chi connectivity index (χ0) is 11.7. The van der Waals surface area contributed by atoms with Crippen molar-refractivity contribution in [1.82, 2.24) is 15.4 Å². The van der Waals surface area contributed by atoms with Crippen molar-refractivity contribution in [2.24, 2.45) is 0 Å². The van der Waals surface area contributed by atoms with Crippen LogP contribution in [0.3, 0.4) is 0 Å². The van der Waals surface area contributed by atoms with Crippen molar-refractivity contribution >= 4 is 11.7 Å². The molecular formula is C7H4N4O5. The SMILES string of the molecule is O=C(O)c1cc(-c2[nH]ncc2[N+](=O)[O-])no1. The summed E-state index contributed by atoms with van der Waals surface area (Å²) >= 11 is 0. The van der Waals surface area contributed by atoms with Gasteiger partial charge in [-0.3, -0.25) is 15.2 Å². The van der Waals surface area contributed by atoms with Gasteiger partial charge in [0.15, 0.2) is 5.69 Å². The molecule has 0 fully saturated rings. The second-order valence-corrected chi connectivity index (χ2v) is 2.77. The standard InChI is InChI=1S/C7H4N4O5/c12-7(13)5-1-3(10-16-5)6-4(11(14)15)2-8-9-6/h1-2H,(H,8,9)(H,12,13). The number of rotatable bonds is 3. The highest BCUT2D eigenvalue weighted by Gasteiger charge is 2.22. The number of aromatic amines is 1. The Morgan fingerprint density at radius 3 is 2.94 bits per heavy atom. The molecule has 0 spiro atoms. The molecule has 0 aliphatic rings. The van der Waals surface area contributed by atoms with Gasteiger partial charge in [-0.25, -0.2) is 4.79 Å². The number of H-pyrrole nitrogens is 1. The quantitative estimate of drug-likeness (QED) is 0.577.